The fourth-order valence-corrected chi connectivity index (χ4v) is 2.65. The van der Waals surface area contributed by atoms with Crippen LogP contribution in [0.2, 0.25) is 0 Å². The van der Waals surface area contributed by atoms with Crippen molar-refractivity contribution in [2.24, 2.45) is 0 Å². The van der Waals surface area contributed by atoms with Gasteiger partial charge in [-0.05, 0) is 18.2 Å². The lowest BCUT2D eigenvalue weighted by Gasteiger charge is -2.34. The number of benzene rings is 1. The third-order valence-electron chi connectivity index (χ3n) is 3.98. The van der Waals surface area contributed by atoms with Gasteiger partial charge < -0.3 is 15.1 Å². The second kappa shape index (κ2) is 6.96. The molecule has 1 aliphatic heterocycles. The first-order valence-electron chi connectivity index (χ1n) is 7.77. The van der Waals surface area contributed by atoms with E-state index in [1.807, 2.05) is 29.2 Å². The number of anilines is 3. The highest BCUT2D eigenvalue weighted by molar-refractivity contribution is 5.73. The summed E-state index contributed by atoms with van der Waals surface area (Å²) in [5.41, 5.74) is 1.22. The lowest BCUT2D eigenvalue weighted by molar-refractivity contribution is -0.129. The first kappa shape index (κ1) is 15.7. The van der Waals surface area contributed by atoms with Crippen LogP contribution in [0.4, 0.5) is 17.5 Å². The third kappa shape index (κ3) is 3.43. The second-order valence-electron chi connectivity index (χ2n) is 5.51. The molecule has 0 spiro atoms. The molecule has 0 aliphatic carbocycles. The van der Waals surface area contributed by atoms with E-state index in [1.165, 1.54) is 0 Å². The van der Waals surface area contributed by atoms with Gasteiger partial charge in [-0.25, -0.2) is 4.98 Å². The topological polar surface area (TPSA) is 85.2 Å². The molecular weight excluding hydrogens is 304 g/mol. The number of carbonyl (C=O) groups excluding carboxylic acids is 1. The largest absolute Gasteiger partial charge is 0.353 e. The number of hydrogen-bond donors (Lipinski definition) is 1. The molecule has 0 bridgehead atoms. The zero-order chi connectivity index (χ0) is 16.9. The Morgan fingerprint density at radius 2 is 1.96 bits per heavy atom. The van der Waals surface area contributed by atoms with Crippen molar-refractivity contribution in [3.05, 3.63) is 42.1 Å². The Morgan fingerprint density at radius 3 is 2.67 bits per heavy atom. The SMILES string of the molecule is CC(=O)N1CCN(c2ccnc(Nc3ccccc3C#N)n2)CC1. The molecule has 7 nitrogen and oxygen atoms in total. The molecule has 1 aliphatic rings. The zero-order valence-electron chi connectivity index (χ0n) is 13.4. The van der Waals surface area contributed by atoms with Crippen LogP contribution in [0, 0.1) is 11.3 Å². The Labute approximate surface area is 140 Å². The summed E-state index contributed by atoms with van der Waals surface area (Å²) in [5, 5.41) is 12.2. The summed E-state index contributed by atoms with van der Waals surface area (Å²) in [6.07, 6.45) is 1.69. The van der Waals surface area contributed by atoms with Crippen LogP contribution in [-0.2, 0) is 4.79 Å². The summed E-state index contributed by atoms with van der Waals surface area (Å²) in [6, 6.07) is 11.2. The zero-order valence-corrected chi connectivity index (χ0v) is 13.4. The van der Waals surface area contributed by atoms with Crippen LogP contribution in [0.5, 0.6) is 0 Å². The van der Waals surface area contributed by atoms with E-state index < -0.39 is 0 Å². The molecule has 7 heteroatoms. The van der Waals surface area contributed by atoms with Crippen LogP contribution in [0.25, 0.3) is 0 Å². The van der Waals surface area contributed by atoms with E-state index in [0.717, 1.165) is 18.9 Å². The van der Waals surface area contributed by atoms with Crippen LogP contribution in [0.1, 0.15) is 12.5 Å². The normalized spacial score (nSPS) is 14.2. The Morgan fingerprint density at radius 1 is 1.21 bits per heavy atom. The van der Waals surface area contributed by atoms with Gasteiger partial charge >= 0.3 is 0 Å². The Kier molecular flexibility index (Phi) is 4.57. The third-order valence-corrected chi connectivity index (χ3v) is 3.98. The fourth-order valence-electron chi connectivity index (χ4n) is 2.65. The highest BCUT2D eigenvalue weighted by atomic mass is 16.2. The van der Waals surface area contributed by atoms with Crippen molar-refractivity contribution in [2.45, 2.75) is 6.92 Å². The Hall–Kier alpha value is -3.14. The average Bonchev–Trinajstić information content (AvgIpc) is 2.62. The monoisotopic (exact) mass is 322 g/mol. The molecule has 3 rings (SSSR count). The van der Waals surface area contributed by atoms with Crippen molar-refractivity contribution in [3.8, 4) is 6.07 Å². The molecule has 2 aromatic rings. The number of carbonyl (C=O) groups is 1. The maximum atomic E-state index is 11.4. The predicted octanol–water partition coefficient (Wildman–Crippen LogP) is 1.76. The summed E-state index contributed by atoms with van der Waals surface area (Å²) >= 11 is 0. The summed E-state index contributed by atoms with van der Waals surface area (Å²) in [5.74, 6) is 1.36. The lowest BCUT2D eigenvalue weighted by atomic mass is 10.2. The van der Waals surface area contributed by atoms with Gasteiger partial charge in [-0.3, -0.25) is 4.79 Å². The van der Waals surface area contributed by atoms with Gasteiger partial charge in [0.1, 0.15) is 11.9 Å². The minimum atomic E-state index is 0.104. The highest BCUT2D eigenvalue weighted by Crippen LogP contribution is 2.20. The molecule has 0 saturated carbocycles. The Bertz CT molecular complexity index is 777. The number of para-hydroxylation sites is 1. The average molecular weight is 322 g/mol. The maximum Gasteiger partial charge on any atom is 0.229 e. The van der Waals surface area contributed by atoms with Gasteiger partial charge in [-0.1, -0.05) is 12.1 Å². The predicted molar refractivity (Wildman–Crippen MR) is 90.9 cm³/mol. The van der Waals surface area contributed by atoms with E-state index in [1.54, 1.807) is 19.2 Å². The van der Waals surface area contributed by atoms with Crippen molar-refractivity contribution in [1.82, 2.24) is 14.9 Å². The van der Waals surface area contributed by atoms with E-state index in [4.69, 9.17) is 5.26 Å². The summed E-state index contributed by atoms with van der Waals surface area (Å²) in [7, 11) is 0. The summed E-state index contributed by atoms with van der Waals surface area (Å²) < 4.78 is 0. The fraction of sp³-hybridized carbons (Fsp3) is 0.294. The maximum absolute atomic E-state index is 11.4. The van der Waals surface area contributed by atoms with E-state index in [-0.39, 0.29) is 5.91 Å². The van der Waals surface area contributed by atoms with E-state index >= 15 is 0 Å². The molecule has 1 saturated heterocycles. The summed E-state index contributed by atoms with van der Waals surface area (Å²) in [4.78, 5) is 24.1. The Balaban J connectivity index is 1.73. The van der Waals surface area contributed by atoms with Crippen molar-refractivity contribution < 1.29 is 4.79 Å². The molecule has 2 heterocycles. The molecule has 1 N–H and O–H groups in total. The van der Waals surface area contributed by atoms with Crippen LogP contribution in [0.15, 0.2) is 36.5 Å². The number of nitrogens with zero attached hydrogens (tertiary/aromatic N) is 5. The number of nitriles is 1. The number of nitrogens with one attached hydrogen (secondary N) is 1. The number of aromatic nitrogens is 2. The molecule has 122 valence electrons. The number of rotatable bonds is 3. The van der Waals surface area contributed by atoms with Gasteiger partial charge in [-0.15, -0.1) is 0 Å². The minimum absolute atomic E-state index is 0.104. The van der Waals surface area contributed by atoms with Gasteiger partial charge in [0.2, 0.25) is 11.9 Å². The van der Waals surface area contributed by atoms with Crippen molar-refractivity contribution in [3.63, 3.8) is 0 Å². The number of piperazine rings is 1. The van der Waals surface area contributed by atoms with E-state index in [2.05, 4.69) is 26.3 Å². The molecule has 0 radical (unpaired) electrons. The van der Waals surface area contributed by atoms with Crippen molar-refractivity contribution in [2.75, 3.05) is 36.4 Å². The van der Waals surface area contributed by atoms with Crippen LogP contribution >= 0.6 is 0 Å². The molecule has 1 amide bonds. The van der Waals surface area contributed by atoms with Gasteiger partial charge in [-0.2, -0.15) is 10.2 Å². The molecule has 0 unspecified atom stereocenters. The number of amides is 1. The minimum Gasteiger partial charge on any atom is -0.353 e. The van der Waals surface area contributed by atoms with Gasteiger partial charge in [0, 0.05) is 39.3 Å². The van der Waals surface area contributed by atoms with Gasteiger partial charge in [0.25, 0.3) is 0 Å². The molecule has 0 atom stereocenters. The molecule has 24 heavy (non-hydrogen) atoms. The first-order valence-corrected chi connectivity index (χ1v) is 7.77. The van der Waals surface area contributed by atoms with E-state index in [9.17, 15) is 4.79 Å². The smallest absolute Gasteiger partial charge is 0.229 e. The molecular formula is C17H18N6O. The van der Waals surface area contributed by atoms with Gasteiger partial charge in [0.15, 0.2) is 0 Å². The molecule has 1 aromatic carbocycles. The first-order chi connectivity index (χ1) is 11.7. The highest BCUT2D eigenvalue weighted by Gasteiger charge is 2.19. The second-order valence-corrected chi connectivity index (χ2v) is 5.51. The van der Waals surface area contributed by atoms with Crippen LogP contribution < -0.4 is 10.2 Å². The quantitative estimate of drug-likeness (QED) is 0.927. The van der Waals surface area contributed by atoms with E-state index in [0.29, 0.717) is 30.3 Å². The summed E-state index contributed by atoms with van der Waals surface area (Å²) in [6.45, 7) is 4.46. The van der Waals surface area contributed by atoms with Crippen LogP contribution in [-0.4, -0.2) is 47.0 Å². The van der Waals surface area contributed by atoms with Crippen LogP contribution in [0.3, 0.4) is 0 Å². The lowest BCUT2D eigenvalue weighted by Crippen LogP contribution is -2.48. The van der Waals surface area contributed by atoms with Gasteiger partial charge in [0.05, 0.1) is 11.3 Å². The molecule has 1 aromatic heterocycles. The van der Waals surface area contributed by atoms with Crippen molar-refractivity contribution >= 4 is 23.4 Å². The number of hydrogen-bond acceptors (Lipinski definition) is 6. The molecule has 1 fully saturated rings. The van der Waals surface area contributed by atoms with Crippen molar-refractivity contribution in [1.29, 1.82) is 5.26 Å². The standard InChI is InChI=1S/C17H18N6O/c1-13(24)22-8-10-23(11-9-22)16-6-7-19-17(21-16)20-15-5-3-2-4-14(15)12-18/h2-7H,8-11H2,1H3,(H,19,20,21).